The van der Waals surface area contributed by atoms with Crippen LogP contribution in [0.4, 0.5) is 21.8 Å². The molecule has 1 aliphatic rings. The zero-order valence-corrected chi connectivity index (χ0v) is 19.6. The fourth-order valence-electron chi connectivity index (χ4n) is 4.45. The van der Waals surface area contributed by atoms with Crippen LogP contribution in [0.3, 0.4) is 0 Å². The molecule has 0 spiro atoms. The summed E-state index contributed by atoms with van der Waals surface area (Å²) in [7, 11) is 1.52. The summed E-state index contributed by atoms with van der Waals surface area (Å²) in [6.07, 6.45) is 7.11. The van der Waals surface area contributed by atoms with Gasteiger partial charge < -0.3 is 20.3 Å². The Bertz CT molecular complexity index is 1490. The zero-order valence-electron chi connectivity index (χ0n) is 19.6. The minimum absolute atomic E-state index is 0.376. The molecule has 1 fully saturated rings. The monoisotopic (exact) mass is 485 g/mol. The molecule has 0 radical (unpaired) electrons. The first-order valence-electron chi connectivity index (χ1n) is 11.6. The number of nitrogens with zero attached hydrogens (tertiary/aromatic N) is 6. The summed E-state index contributed by atoms with van der Waals surface area (Å²) in [5.74, 6) is 1.03. The Hall–Kier alpha value is -4.51. The van der Waals surface area contributed by atoms with Crippen molar-refractivity contribution in [3.63, 3.8) is 0 Å². The third-order valence-corrected chi connectivity index (χ3v) is 6.22. The zero-order chi connectivity index (χ0) is 24.5. The Kier molecular flexibility index (Phi) is 5.66. The van der Waals surface area contributed by atoms with Crippen molar-refractivity contribution in [1.29, 1.82) is 0 Å². The third kappa shape index (κ3) is 4.09. The van der Waals surface area contributed by atoms with Crippen molar-refractivity contribution >= 4 is 23.0 Å². The lowest BCUT2D eigenvalue weighted by molar-refractivity contribution is 0.413. The number of rotatable bonds is 6. The number of hydrogen-bond donors (Lipinski definition) is 3. The second-order valence-corrected chi connectivity index (χ2v) is 8.42. The fourth-order valence-corrected chi connectivity index (χ4v) is 4.45. The second kappa shape index (κ2) is 9.27. The van der Waals surface area contributed by atoms with Gasteiger partial charge in [0.05, 0.1) is 42.6 Å². The largest absolute Gasteiger partial charge is 0.496 e. The number of ether oxygens (including phenoxy) is 1. The summed E-state index contributed by atoms with van der Waals surface area (Å²) < 4.78 is 21.2. The number of benzene rings is 1. The van der Waals surface area contributed by atoms with E-state index in [2.05, 4.69) is 35.7 Å². The summed E-state index contributed by atoms with van der Waals surface area (Å²) in [5, 5.41) is 18.2. The van der Waals surface area contributed by atoms with E-state index >= 15 is 0 Å². The van der Waals surface area contributed by atoms with Crippen LogP contribution < -0.4 is 20.3 Å². The molecule has 1 aliphatic heterocycles. The van der Waals surface area contributed by atoms with Crippen molar-refractivity contribution in [2.75, 3.05) is 43.5 Å². The lowest BCUT2D eigenvalue weighted by Gasteiger charge is -2.29. The molecule has 11 heteroatoms. The Morgan fingerprint density at radius 1 is 1.00 bits per heavy atom. The summed E-state index contributed by atoms with van der Waals surface area (Å²) >= 11 is 0. The van der Waals surface area contributed by atoms with Crippen LogP contribution in [0.5, 0.6) is 5.75 Å². The van der Waals surface area contributed by atoms with Crippen LogP contribution in [0.15, 0.2) is 61.2 Å². The molecular formula is C25H24FN9O. The van der Waals surface area contributed by atoms with Crippen LogP contribution in [0, 0.1) is 5.82 Å². The van der Waals surface area contributed by atoms with Crippen LogP contribution in [0.25, 0.3) is 27.9 Å². The van der Waals surface area contributed by atoms with Crippen molar-refractivity contribution in [1.82, 2.24) is 35.1 Å². The quantitative estimate of drug-likeness (QED) is 0.336. The van der Waals surface area contributed by atoms with Crippen LogP contribution in [0.2, 0.25) is 0 Å². The van der Waals surface area contributed by atoms with Crippen LogP contribution in [-0.2, 0) is 0 Å². The van der Waals surface area contributed by atoms with Gasteiger partial charge in [-0.25, -0.2) is 18.9 Å². The molecule has 0 amide bonds. The van der Waals surface area contributed by atoms with E-state index in [4.69, 9.17) is 9.84 Å². The molecule has 4 aromatic heterocycles. The first kappa shape index (κ1) is 22.0. The lowest BCUT2D eigenvalue weighted by atomic mass is 10.0. The van der Waals surface area contributed by atoms with E-state index in [0.29, 0.717) is 23.1 Å². The molecule has 0 saturated carbocycles. The van der Waals surface area contributed by atoms with Crippen LogP contribution in [-0.4, -0.2) is 63.1 Å². The molecule has 0 atom stereocenters. The van der Waals surface area contributed by atoms with Gasteiger partial charge in [-0.1, -0.05) is 0 Å². The topological polar surface area (TPSA) is 108 Å². The predicted molar refractivity (Wildman–Crippen MR) is 135 cm³/mol. The number of halogens is 1. The molecular weight excluding hydrogens is 461 g/mol. The molecule has 0 aliphatic carbocycles. The number of aromatic amines is 1. The van der Waals surface area contributed by atoms with Gasteiger partial charge in [-0.2, -0.15) is 5.10 Å². The van der Waals surface area contributed by atoms with Crippen molar-refractivity contribution in [2.45, 2.75) is 0 Å². The second-order valence-electron chi connectivity index (χ2n) is 8.42. The first-order chi connectivity index (χ1) is 17.7. The van der Waals surface area contributed by atoms with E-state index < -0.39 is 0 Å². The highest BCUT2D eigenvalue weighted by molar-refractivity contribution is 5.88. The number of nitrogens with one attached hydrogen (secondary N) is 3. The highest BCUT2D eigenvalue weighted by Crippen LogP contribution is 2.39. The number of fused-ring (bicyclic) bond motifs is 1. The van der Waals surface area contributed by atoms with Crippen LogP contribution in [0.1, 0.15) is 0 Å². The van der Waals surface area contributed by atoms with E-state index in [9.17, 15) is 4.39 Å². The summed E-state index contributed by atoms with van der Waals surface area (Å²) in [6, 6.07) is 10.4. The number of pyridine rings is 1. The number of methoxy groups -OCH3 is 1. The van der Waals surface area contributed by atoms with E-state index in [1.54, 1.807) is 29.2 Å². The van der Waals surface area contributed by atoms with E-state index in [1.807, 2.05) is 24.4 Å². The van der Waals surface area contributed by atoms with Gasteiger partial charge in [0.15, 0.2) is 0 Å². The maximum Gasteiger partial charge on any atom is 0.246 e. The minimum Gasteiger partial charge on any atom is -0.496 e. The highest BCUT2D eigenvalue weighted by atomic mass is 19.1. The molecule has 3 N–H and O–H groups in total. The smallest absolute Gasteiger partial charge is 0.246 e. The van der Waals surface area contributed by atoms with Gasteiger partial charge in [0, 0.05) is 55.1 Å². The Morgan fingerprint density at radius 2 is 1.89 bits per heavy atom. The summed E-state index contributed by atoms with van der Waals surface area (Å²) in [6.45, 7) is 3.84. The third-order valence-electron chi connectivity index (χ3n) is 6.22. The Morgan fingerprint density at radius 3 is 2.64 bits per heavy atom. The van der Waals surface area contributed by atoms with Gasteiger partial charge in [0.1, 0.15) is 17.4 Å². The summed E-state index contributed by atoms with van der Waals surface area (Å²) in [5.41, 5.74) is 4.99. The molecule has 6 rings (SSSR count). The molecule has 1 aromatic carbocycles. The van der Waals surface area contributed by atoms with Crippen molar-refractivity contribution < 1.29 is 9.13 Å². The molecule has 0 bridgehead atoms. The average Bonchev–Trinajstić information content (AvgIpc) is 3.58. The SMILES string of the molecule is COc1cc(F)ccc1-c1c(-c2cn[nH]c2)cc2cnc(Nc3ccc(N4CCNCC4)cn3)nn12. The van der Waals surface area contributed by atoms with E-state index in [0.717, 1.165) is 54.2 Å². The highest BCUT2D eigenvalue weighted by Gasteiger charge is 2.20. The average molecular weight is 486 g/mol. The number of hydrogen-bond acceptors (Lipinski definition) is 8. The van der Waals surface area contributed by atoms with Crippen molar-refractivity contribution in [2.24, 2.45) is 0 Å². The van der Waals surface area contributed by atoms with Crippen molar-refractivity contribution in [3.8, 4) is 28.1 Å². The van der Waals surface area contributed by atoms with Gasteiger partial charge in [-0.15, -0.1) is 5.10 Å². The molecule has 5 aromatic rings. The normalized spacial score (nSPS) is 13.8. The van der Waals surface area contributed by atoms with Gasteiger partial charge in [-0.05, 0) is 30.3 Å². The fraction of sp³-hybridized carbons (Fsp3) is 0.200. The standard InChI is InChI=1S/C25H24FN9O/c1-36-22-10-17(26)2-4-20(22)24-21(16-12-30-31-13-16)11-19-15-29-25(33-35(19)24)32-23-5-3-18(14-28-23)34-8-6-27-7-9-34/h2-5,10-15,27H,6-9H2,1H3,(H,30,31)(H,28,32,33). The Labute approximate surface area is 206 Å². The number of anilines is 3. The Balaban J connectivity index is 1.39. The number of piperazine rings is 1. The molecule has 0 unspecified atom stereocenters. The summed E-state index contributed by atoms with van der Waals surface area (Å²) in [4.78, 5) is 11.3. The van der Waals surface area contributed by atoms with Crippen molar-refractivity contribution in [3.05, 3.63) is 67.0 Å². The van der Waals surface area contributed by atoms with Gasteiger partial charge in [0.2, 0.25) is 5.95 Å². The molecule has 36 heavy (non-hydrogen) atoms. The van der Waals surface area contributed by atoms with Gasteiger partial charge in [-0.3, -0.25) is 5.10 Å². The minimum atomic E-state index is -0.381. The number of aromatic nitrogens is 6. The van der Waals surface area contributed by atoms with Gasteiger partial charge >= 0.3 is 0 Å². The maximum atomic E-state index is 14.0. The van der Waals surface area contributed by atoms with E-state index in [-0.39, 0.29) is 5.82 Å². The first-order valence-corrected chi connectivity index (χ1v) is 11.6. The van der Waals surface area contributed by atoms with Gasteiger partial charge in [0.25, 0.3) is 0 Å². The molecule has 1 saturated heterocycles. The number of H-pyrrole nitrogens is 1. The molecule has 182 valence electrons. The van der Waals surface area contributed by atoms with E-state index in [1.165, 1.54) is 19.2 Å². The molecule has 5 heterocycles. The lowest BCUT2D eigenvalue weighted by Crippen LogP contribution is -2.43. The maximum absolute atomic E-state index is 14.0. The molecule has 10 nitrogen and oxygen atoms in total. The van der Waals surface area contributed by atoms with Crippen LogP contribution >= 0.6 is 0 Å². The predicted octanol–water partition coefficient (Wildman–Crippen LogP) is 3.48.